The van der Waals surface area contributed by atoms with Crippen molar-refractivity contribution >= 4 is 17.4 Å². The van der Waals surface area contributed by atoms with Gasteiger partial charge in [0.25, 0.3) is 0 Å². The van der Waals surface area contributed by atoms with Crippen molar-refractivity contribution in [3.63, 3.8) is 0 Å². The molecule has 2 nitrogen and oxygen atoms in total. The highest BCUT2D eigenvalue weighted by Crippen LogP contribution is 2.45. The first-order valence-electron chi connectivity index (χ1n) is 8.66. The third kappa shape index (κ3) is 3.29. The van der Waals surface area contributed by atoms with Crippen LogP contribution in [0.4, 0.5) is 5.69 Å². The van der Waals surface area contributed by atoms with Gasteiger partial charge in [0.05, 0.1) is 16.3 Å². The van der Waals surface area contributed by atoms with E-state index in [1.54, 1.807) is 0 Å². The first-order chi connectivity index (χ1) is 10.2. The number of pyridine rings is 1. The van der Waals surface area contributed by atoms with Crippen LogP contribution in [0.1, 0.15) is 65.6 Å². The normalized spacial score (nSPS) is 26.1. The summed E-state index contributed by atoms with van der Waals surface area (Å²) in [6.07, 6.45) is 2.11. The van der Waals surface area contributed by atoms with Gasteiger partial charge in [-0.05, 0) is 44.1 Å². The van der Waals surface area contributed by atoms with E-state index in [4.69, 9.17) is 4.98 Å². The third-order valence-electron chi connectivity index (χ3n) is 5.17. The van der Waals surface area contributed by atoms with Crippen LogP contribution in [0.2, 0.25) is 0 Å². The topological polar surface area (TPSA) is 16.1 Å². The summed E-state index contributed by atoms with van der Waals surface area (Å²) in [5, 5.41) is 0.631. The predicted molar refractivity (Wildman–Crippen MR) is 99.2 cm³/mol. The third-order valence-corrected chi connectivity index (χ3v) is 6.70. The zero-order chi connectivity index (χ0) is 16.6. The molecule has 2 rings (SSSR count). The van der Waals surface area contributed by atoms with Gasteiger partial charge in [-0.15, -0.1) is 11.8 Å². The summed E-state index contributed by atoms with van der Waals surface area (Å²) in [6.45, 7) is 19.7. The number of thioether (sulfide) groups is 1. The fourth-order valence-electron chi connectivity index (χ4n) is 3.24. The van der Waals surface area contributed by atoms with E-state index in [0.717, 1.165) is 6.54 Å². The minimum atomic E-state index is 0.506. The molecule has 2 heterocycles. The predicted octanol–water partition coefficient (Wildman–Crippen LogP) is 5.49. The molecule has 1 aromatic heterocycles. The van der Waals surface area contributed by atoms with Crippen LogP contribution in [0.15, 0.2) is 11.1 Å². The maximum Gasteiger partial charge on any atom is 0.0576 e. The largest absolute Gasteiger partial charge is 0.368 e. The van der Waals surface area contributed by atoms with Crippen LogP contribution in [-0.4, -0.2) is 22.8 Å². The molecule has 0 amide bonds. The van der Waals surface area contributed by atoms with Crippen LogP contribution in [0.5, 0.6) is 0 Å². The first-order valence-corrected chi connectivity index (χ1v) is 9.54. The van der Waals surface area contributed by atoms with E-state index in [0.29, 0.717) is 29.0 Å². The van der Waals surface area contributed by atoms with E-state index in [1.165, 1.54) is 21.8 Å². The van der Waals surface area contributed by atoms with Crippen molar-refractivity contribution in [3.05, 3.63) is 17.5 Å². The van der Waals surface area contributed by atoms with Gasteiger partial charge in [0.2, 0.25) is 0 Å². The molecule has 1 aromatic rings. The van der Waals surface area contributed by atoms with Crippen LogP contribution in [0.3, 0.4) is 0 Å². The molecular formula is C19H32N2S. The molecule has 0 aromatic carbocycles. The van der Waals surface area contributed by atoms with E-state index >= 15 is 0 Å². The summed E-state index contributed by atoms with van der Waals surface area (Å²) < 4.78 is 0. The molecule has 0 spiro atoms. The Morgan fingerprint density at radius 2 is 1.82 bits per heavy atom. The number of aryl methyl sites for hydroxylation is 1. The lowest BCUT2D eigenvalue weighted by Gasteiger charge is -2.41. The fourth-order valence-corrected chi connectivity index (χ4v) is 4.67. The van der Waals surface area contributed by atoms with Crippen molar-refractivity contribution < 1.29 is 0 Å². The lowest BCUT2D eigenvalue weighted by atomic mass is 9.91. The summed E-state index contributed by atoms with van der Waals surface area (Å²) in [7, 11) is 0. The molecule has 0 N–H and O–H groups in total. The highest BCUT2D eigenvalue weighted by Gasteiger charge is 2.31. The Labute approximate surface area is 141 Å². The smallest absolute Gasteiger partial charge is 0.0576 e. The molecule has 124 valence electrons. The Hall–Kier alpha value is -0.700. The maximum absolute atomic E-state index is 4.71. The zero-order valence-electron chi connectivity index (χ0n) is 15.5. The van der Waals surface area contributed by atoms with Gasteiger partial charge in [-0.1, -0.05) is 34.6 Å². The Morgan fingerprint density at radius 3 is 2.36 bits per heavy atom. The van der Waals surface area contributed by atoms with Crippen molar-refractivity contribution in [2.45, 2.75) is 77.5 Å². The van der Waals surface area contributed by atoms with Crippen molar-refractivity contribution in [2.75, 3.05) is 11.4 Å². The summed E-state index contributed by atoms with van der Waals surface area (Å²) in [5.74, 6) is 1.92. The molecule has 1 aliphatic rings. The quantitative estimate of drug-likeness (QED) is 0.716. The van der Waals surface area contributed by atoms with Crippen LogP contribution in [0.25, 0.3) is 0 Å². The van der Waals surface area contributed by atoms with E-state index in [1.807, 2.05) is 11.8 Å². The van der Waals surface area contributed by atoms with Gasteiger partial charge >= 0.3 is 0 Å². The van der Waals surface area contributed by atoms with Crippen molar-refractivity contribution in [3.8, 4) is 0 Å². The average Bonchev–Trinajstić information content (AvgIpc) is 2.44. The minimum Gasteiger partial charge on any atom is -0.368 e. The molecule has 0 bridgehead atoms. The summed E-state index contributed by atoms with van der Waals surface area (Å²) in [6, 6.07) is 0.515. The second-order valence-electron chi connectivity index (χ2n) is 7.54. The van der Waals surface area contributed by atoms with Gasteiger partial charge in [-0.25, -0.2) is 0 Å². The van der Waals surface area contributed by atoms with Gasteiger partial charge < -0.3 is 4.90 Å². The van der Waals surface area contributed by atoms with Crippen LogP contribution < -0.4 is 4.90 Å². The highest BCUT2D eigenvalue weighted by molar-refractivity contribution is 8.00. The number of hydrogen-bond acceptors (Lipinski definition) is 3. The lowest BCUT2D eigenvalue weighted by molar-refractivity contribution is 0.373. The van der Waals surface area contributed by atoms with Gasteiger partial charge in [0.15, 0.2) is 0 Å². The van der Waals surface area contributed by atoms with E-state index < -0.39 is 0 Å². The molecule has 1 aliphatic heterocycles. The molecule has 3 atom stereocenters. The van der Waals surface area contributed by atoms with Gasteiger partial charge in [0, 0.05) is 24.0 Å². The fraction of sp³-hybridized carbons (Fsp3) is 0.737. The molecule has 0 aliphatic carbocycles. The number of nitrogens with zero attached hydrogens (tertiary/aromatic N) is 2. The number of rotatable bonds is 2. The molecule has 0 saturated heterocycles. The standard InChI is InChI=1S/C19H32N2S/c1-11(2)17-9-20-15(7)19-18(17)21(12(3)4)10-13(5)14(6)16(8)22-19/h9,11-14,16H,10H2,1-8H3/t13-,14-,16-/m0/s1. The van der Waals surface area contributed by atoms with E-state index in [9.17, 15) is 0 Å². The van der Waals surface area contributed by atoms with Crippen molar-refractivity contribution in [1.82, 2.24) is 4.98 Å². The summed E-state index contributed by atoms with van der Waals surface area (Å²) in [4.78, 5) is 8.74. The van der Waals surface area contributed by atoms with E-state index in [-0.39, 0.29) is 0 Å². The summed E-state index contributed by atoms with van der Waals surface area (Å²) in [5.41, 5.74) is 4.03. The van der Waals surface area contributed by atoms with Crippen molar-refractivity contribution in [2.24, 2.45) is 11.8 Å². The minimum absolute atomic E-state index is 0.506. The maximum atomic E-state index is 4.71. The number of hydrogen-bond donors (Lipinski definition) is 0. The molecule has 0 radical (unpaired) electrons. The zero-order valence-corrected chi connectivity index (χ0v) is 16.3. The van der Waals surface area contributed by atoms with Crippen LogP contribution in [0, 0.1) is 18.8 Å². The highest BCUT2D eigenvalue weighted by atomic mass is 32.2. The molecule has 0 unspecified atom stereocenters. The Kier molecular flexibility index (Phi) is 5.47. The SMILES string of the molecule is Cc1ncc(C(C)C)c2c1S[C@@H](C)[C@@H](C)[C@@H](C)CN2C(C)C. The summed E-state index contributed by atoms with van der Waals surface area (Å²) >= 11 is 2.03. The lowest BCUT2D eigenvalue weighted by Crippen LogP contribution is -2.40. The average molecular weight is 321 g/mol. The van der Waals surface area contributed by atoms with Crippen LogP contribution >= 0.6 is 11.8 Å². The van der Waals surface area contributed by atoms with Gasteiger partial charge in [0.1, 0.15) is 0 Å². The second-order valence-corrected chi connectivity index (χ2v) is 8.92. The van der Waals surface area contributed by atoms with Gasteiger partial charge in [-0.2, -0.15) is 0 Å². The monoisotopic (exact) mass is 320 g/mol. The molecule has 22 heavy (non-hydrogen) atoms. The Bertz CT molecular complexity index is 524. The number of aromatic nitrogens is 1. The van der Waals surface area contributed by atoms with Gasteiger partial charge in [-0.3, -0.25) is 4.98 Å². The molecule has 3 heteroatoms. The molecule has 0 fully saturated rings. The second kappa shape index (κ2) is 6.82. The van der Waals surface area contributed by atoms with Crippen LogP contribution in [-0.2, 0) is 0 Å². The Morgan fingerprint density at radius 1 is 1.18 bits per heavy atom. The number of anilines is 1. The molecular weight excluding hydrogens is 288 g/mol. The molecule has 0 saturated carbocycles. The van der Waals surface area contributed by atoms with E-state index in [2.05, 4.69) is 66.5 Å². The number of fused-ring (bicyclic) bond motifs is 1. The van der Waals surface area contributed by atoms with Crippen molar-refractivity contribution in [1.29, 1.82) is 0 Å². The Balaban J connectivity index is 2.66. The first kappa shape index (κ1) is 17.7.